The van der Waals surface area contributed by atoms with Gasteiger partial charge in [-0.15, -0.1) is 0 Å². The van der Waals surface area contributed by atoms with Gasteiger partial charge in [0.1, 0.15) is 0 Å². The van der Waals surface area contributed by atoms with E-state index in [9.17, 15) is 0 Å². The van der Waals surface area contributed by atoms with E-state index in [4.69, 9.17) is 4.18 Å². The van der Waals surface area contributed by atoms with Crippen LogP contribution in [-0.2, 0) is 4.18 Å². The maximum Gasteiger partial charge on any atom is 0.210 e. The van der Waals surface area contributed by atoms with Gasteiger partial charge in [0.15, 0.2) is 0 Å². The average molecular weight is 104 g/mol. The molecule has 0 aromatic heterocycles. The van der Waals surface area contributed by atoms with E-state index < -0.39 is 0 Å². The molecule has 3 heteroatoms. The highest BCUT2D eigenvalue weighted by Crippen LogP contribution is 1.92. The summed E-state index contributed by atoms with van der Waals surface area (Å²) in [6, 6.07) is 0. The molecule has 0 amide bonds. The molecule has 0 heterocycles. The van der Waals surface area contributed by atoms with E-state index in [0.29, 0.717) is 0 Å². The molecule has 0 aliphatic rings. The molecule has 0 saturated heterocycles. The summed E-state index contributed by atoms with van der Waals surface area (Å²) in [6.07, 6.45) is 1.11. The van der Waals surface area contributed by atoms with E-state index in [2.05, 4.69) is 6.92 Å². The third kappa shape index (κ3) is 4.37. The first-order chi connectivity index (χ1) is 2.91. The Hall–Kier alpha value is 0.375. The fourth-order valence-corrected chi connectivity index (χ4v) is 0.500. The predicted octanol–water partition coefficient (Wildman–Crippen LogP) is 0.609. The van der Waals surface area contributed by atoms with Gasteiger partial charge in [-0.2, -0.15) is 0 Å². The van der Waals surface area contributed by atoms with Crippen LogP contribution in [0.1, 0.15) is 13.3 Å². The van der Waals surface area contributed by atoms with Crippen molar-refractivity contribution in [2.24, 2.45) is 0 Å². The lowest BCUT2D eigenvalue weighted by atomic mass is 10.5. The molecule has 0 atom stereocenters. The Morgan fingerprint density at radius 3 is 2.67 bits per heavy atom. The molecule has 0 aromatic carbocycles. The zero-order valence-corrected chi connectivity index (χ0v) is 5.05. The summed E-state index contributed by atoms with van der Waals surface area (Å²) in [6.45, 7) is 2.97. The quantitative estimate of drug-likeness (QED) is 0.294. The summed E-state index contributed by atoms with van der Waals surface area (Å²) in [5, 5.41) is 0. The second kappa shape index (κ2) is 5.37. The van der Waals surface area contributed by atoms with Crippen LogP contribution < -0.4 is 0 Å². The normalized spacial score (nSPS) is 8.83. The molecular weight excluding hydrogens is 94.9 g/mol. The van der Waals surface area contributed by atoms with Gasteiger partial charge in [0, 0.05) is 0 Å². The van der Waals surface area contributed by atoms with Crippen molar-refractivity contribution in [1.82, 2.24) is 0 Å². The zero-order chi connectivity index (χ0) is 4.83. The summed E-state index contributed by atoms with van der Waals surface area (Å²) in [4.78, 5) is 0. The number of rotatable bonds is 3. The second-order valence-corrected chi connectivity index (χ2v) is 1.56. The minimum Gasteiger partial charge on any atom is -0.328 e. The van der Waals surface area contributed by atoms with Crippen molar-refractivity contribution < 1.29 is 4.18 Å². The van der Waals surface area contributed by atoms with Gasteiger partial charge >= 0.3 is 0 Å². The molecule has 0 aliphatic heterocycles. The Bertz CT molecular complexity index is 22.8. The highest BCUT2D eigenvalue weighted by atomic mass is 32.2. The maximum absolute atomic E-state index is 4.90. The first-order valence-electron chi connectivity index (χ1n) is 2.07. The fourth-order valence-electron chi connectivity index (χ4n) is 0.167. The van der Waals surface area contributed by atoms with E-state index in [1.165, 1.54) is 11.9 Å². The van der Waals surface area contributed by atoms with Crippen molar-refractivity contribution in [2.75, 3.05) is 6.61 Å². The minimum atomic E-state index is 0.876. The van der Waals surface area contributed by atoms with Crippen LogP contribution in [0.4, 0.5) is 0 Å². The van der Waals surface area contributed by atoms with Gasteiger partial charge in [-0.1, -0.05) is 18.8 Å². The van der Waals surface area contributed by atoms with Crippen LogP contribution in [-0.4, -0.2) is 13.7 Å². The van der Waals surface area contributed by atoms with Gasteiger partial charge in [0.2, 0.25) is 7.12 Å². The second-order valence-electron chi connectivity index (χ2n) is 0.989. The molecule has 0 bridgehead atoms. The standard InChI is InChI=1S/C3H9BOS/c1-2-3-5-6-4/h2-4H2,1H3. The van der Waals surface area contributed by atoms with E-state index in [-0.39, 0.29) is 0 Å². The molecule has 1 nitrogen and oxygen atoms in total. The fraction of sp³-hybridized carbons (Fsp3) is 1.00. The molecule has 0 rings (SSSR count). The summed E-state index contributed by atoms with van der Waals surface area (Å²) >= 11 is 1.43. The molecule has 0 fully saturated rings. The van der Waals surface area contributed by atoms with Crippen LogP contribution in [0.15, 0.2) is 0 Å². The van der Waals surface area contributed by atoms with Crippen molar-refractivity contribution in [3.05, 3.63) is 0 Å². The van der Waals surface area contributed by atoms with Gasteiger partial charge in [-0.05, 0) is 6.42 Å². The van der Waals surface area contributed by atoms with E-state index in [0.717, 1.165) is 13.0 Å². The lowest BCUT2D eigenvalue weighted by Crippen LogP contribution is -1.79. The van der Waals surface area contributed by atoms with Gasteiger partial charge < -0.3 is 4.18 Å². The lowest BCUT2D eigenvalue weighted by Gasteiger charge is -1.90. The van der Waals surface area contributed by atoms with Gasteiger partial charge in [-0.25, -0.2) is 0 Å². The van der Waals surface area contributed by atoms with Crippen LogP contribution in [0.2, 0.25) is 0 Å². The number of hydrogen-bond acceptors (Lipinski definition) is 2. The van der Waals surface area contributed by atoms with Crippen LogP contribution in [0.3, 0.4) is 0 Å². The Balaban J connectivity index is 2.34. The SMILES string of the molecule is BSOCCC. The molecule has 6 heavy (non-hydrogen) atoms. The van der Waals surface area contributed by atoms with Gasteiger partial charge in [0.05, 0.1) is 6.61 Å². The van der Waals surface area contributed by atoms with Gasteiger partial charge in [-0.3, -0.25) is 0 Å². The summed E-state index contributed by atoms with van der Waals surface area (Å²) in [5.41, 5.74) is 0. The third-order valence-electron chi connectivity index (χ3n) is 0.405. The average Bonchev–Trinajstić information content (AvgIpc) is 1.61. The van der Waals surface area contributed by atoms with E-state index >= 15 is 0 Å². The van der Waals surface area contributed by atoms with Crippen molar-refractivity contribution in [3.63, 3.8) is 0 Å². The Morgan fingerprint density at radius 2 is 2.50 bits per heavy atom. The predicted molar refractivity (Wildman–Crippen MR) is 32.4 cm³/mol. The monoisotopic (exact) mass is 104 g/mol. The minimum absolute atomic E-state index is 0.876. The van der Waals surface area contributed by atoms with E-state index in [1.807, 2.05) is 7.12 Å². The third-order valence-corrected chi connectivity index (χ3v) is 0.808. The Morgan fingerprint density at radius 1 is 1.83 bits per heavy atom. The molecule has 0 unspecified atom stereocenters. The molecule has 0 saturated carbocycles. The van der Waals surface area contributed by atoms with Crippen LogP contribution in [0, 0.1) is 0 Å². The van der Waals surface area contributed by atoms with E-state index in [1.54, 1.807) is 0 Å². The highest BCUT2D eigenvalue weighted by molar-refractivity contribution is 8.15. The molecule has 0 radical (unpaired) electrons. The largest absolute Gasteiger partial charge is 0.328 e. The lowest BCUT2D eigenvalue weighted by molar-refractivity contribution is 0.378. The van der Waals surface area contributed by atoms with Gasteiger partial charge in [0.25, 0.3) is 0 Å². The summed E-state index contributed by atoms with van der Waals surface area (Å²) < 4.78 is 4.90. The van der Waals surface area contributed by atoms with Crippen LogP contribution in [0.25, 0.3) is 0 Å². The van der Waals surface area contributed by atoms with Crippen LogP contribution in [0.5, 0.6) is 0 Å². The molecule has 0 spiro atoms. The smallest absolute Gasteiger partial charge is 0.210 e. The van der Waals surface area contributed by atoms with Crippen molar-refractivity contribution in [2.45, 2.75) is 13.3 Å². The molecule has 0 aliphatic carbocycles. The van der Waals surface area contributed by atoms with Crippen LogP contribution >= 0.6 is 11.9 Å². The zero-order valence-electron chi connectivity index (χ0n) is 4.23. The maximum atomic E-state index is 4.90. The number of hydrogen-bond donors (Lipinski definition) is 0. The van der Waals surface area contributed by atoms with Crippen molar-refractivity contribution in [3.8, 4) is 0 Å². The van der Waals surface area contributed by atoms with Crippen molar-refractivity contribution >= 4 is 19.0 Å². The Kier molecular flexibility index (Phi) is 5.71. The van der Waals surface area contributed by atoms with Crippen molar-refractivity contribution in [1.29, 1.82) is 0 Å². The summed E-state index contributed by atoms with van der Waals surface area (Å²) in [7, 11) is 1.93. The first-order valence-corrected chi connectivity index (χ1v) is 3.22. The molecular formula is C3H9BOS. The highest BCUT2D eigenvalue weighted by Gasteiger charge is 1.73. The first kappa shape index (κ1) is 6.37. The molecule has 0 aromatic rings. The molecule has 0 N–H and O–H groups in total. The Labute approximate surface area is 44.0 Å². The molecule has 36 valence electrons. The topological polar surface area (TPSA) is 9.23 Å². The summed E-state index contributed by atoms with van der Waals surface area (Å²) in [5.74, 6) is 0.